The molecule has 0 N–H and O–H groups in total. The smallest absolute Gasteiger partial charge is 0 e. The summed E-state index contributed by atoms with van der Waals surface area (Å²) in [6, 6.07) is 0. The van der Waals surface area contributed by atoms with E-state index < -0.39 is 0 Å². The normalized spacial score (nSPS) is 16.5. The van der Waals surface area contributed by atoms with E-state index in [1.165, 1.54) is 5.57 Å². The Kier molecular flexibility index (Phi) is 6.92. The van der Waals surface area contributed by atoms with Gasteiger partial charge < -0.3 is 0 Å². The molecule has 1 heteroatoms. The SMILES string of the molecule is CC(C)C1=[C-]CC(C(C)C)=C1C(C)C.[Pr]. The van der Waals surface area contributed by atoms with Crippen LogP contribution in [0.15, 0.2) is 16.7 Å². The monoisotopic (exact) mass is 332 g/mol. The minimum atomic E-state index is 0. The fraction of sp³-hybridized carbons (Fsp3) is 0.714. The van der Waals surface area contributed by atoms with Gasteiger partial charge in [0.15, 0.2) is 0 Å². The van der Waals surface area contributed by atoms with Gasteiger partial charge in [0.05, 0.1) is 0 Å². The first-order chi connectivity index (χ1) is 6.45. The van der Waals surface area contributed by atoms with Crippen LogP contribution in [0.25, 0.3) is 0 Å². The summed E-state index contributed by atoms with van der Waals surface area (Å²) in [6.07, 6.45) is 4.63. The molecule has 0 aliphatic heterocycles. The van der Waals surface area contributed by atoms with Gasteiger partial charge in [0, 0.05) is 41.3 Å². The molecule has 0 aromatic heterocycles. The Balaban J connectivity index is 0.00000196. The van der Waals surface area contributed by atoms with Crippen LogP contribution in [-0.4, -0.2) is 0 Å². The average molecular weight is 332 g/mol. The Morgan fingerprint density at radius 1 is 0.867 bits per heavy atom. The van der Waals surface area contributed by atoms with Crippen molar-refractivity contribution < 1.29 is 41.3 Å². The van der Waals surface area contributed by atoms with Gasteiger partial charge in [0.1, 0.15) is 0 Å². The summed E-state index contributed by atoms with van der Waals surface area (Å²) in [5, 5.41) is 0. The van der Waals surface area contributed by atoms with Crippen LogP contribution in [-0.2, 0) is 0 Å². The molecule has 1 rings (SSSR count). The van der Waals surface area contributed by atoms with Gasteiger partial charge in [-0.05, 0) is 5.92 Å². The van der Waals surface area contributed by atoms with Crippen LogP contribution in [0.4, 0.5) is 0 Å². The van der Waals surface area contributed by atoms with E-state index in [4.69, 9.17) is 0 Å². The van der Waals surface area contributed by atoms with E-state index in [0.717, 1.165) is 6.42 Å². The topological polar surface area (TPSA) is 0 Å². The molecule has 0 amide bonds. The van der Waals surface area contributed by atoms with Crippen LogP contribution in [0.1, 0.15) is 48.0 Å². The minimum absolute atomic E-state index is 0. The quantitative estimate of drug-likeness (QED) is 0.673. The Hall–Kier alpha value is 0.844. The third-order valence-electron chi connectivity index (χ3n) is 2.96. The van der Waals surface area contributed by atoms with Crippen LogP contribution in [0.3, 0.4) is 0 Å². The van der Waals surface area contributed by atoms with Gasteiger partial charge in [-0.15, -0.1) is 6.42 Å². The molecule has 1 radical (unpaired) electrons. The van der Waals surface area contributed by atoms with Gasteiger partial charge in [-0.3, -0.25) is 6.08 Å². The van der Waals surface area contributed by atoms with Gasteiger partial charge in [-0.2, -0.15) is 11.1 Å². The molecule has 0 aromatic carbocycles. The molecular weight excluding hydrogens is 309 g/mol. The molecule has 0 aromatic rings. The fourth-order valence-corrected chi connectivity index (χ4v) is 2.27. The fourth-order valence-electron chi connectivity index (χ4n) is 2.27. The van der Waals surface area contributed by atoms with Crippen molar-refractivity contribution in [2.45, 2.75) is 48.0 Å². The zero-order chi connectivity index (χ0) is 10.9. The summed E-state index contributed by atoms with van der Waals surface area (Å²) in [5.41, 5.74) is 4.68. The van der Waals surface area contributed by atoms with Gasteiger partial charge in [-0.1, -0.05) is 53.4 Å². The van der Waals surface area contributed by atoms with Crippen molar-refractivity contribution in [3.05, 3.63) is 22.8 Å². The molecular formula is C14H23Pr-. The van der Waals surface area contributed by atoms with Crippen LogP contribution >= 0.6 is 0 Å². The molecule has 0 heterocycles. The van der Waals surface area contributed by atoms with Gasteiger partial charge in [0.25, 0.3) is 0 Å². The zero-order valence-corrected chi connectivity index (χ0v) is 14.7. The first-order valence-electron chi connectivity index (χ1n) is 5.79. The molecule has 0 nitrogen and oxygen atoms in total. The van der Waals surface area contributed by atoms with E-state index in [1.807, 2.05) is 0 Å². The third-order valence-corrected chi connectivity index (χ3v) is 2.96. The van der Waals surface area contributed by atoms with E-state index in [-0.39, 0.29) is 41.3 Å². The Labute approximate surface area is 129 Å². The summed E-state index contributed by atoms with van der Waals surface area (Å²) >= 11 is 0. The van der Waals surface area contributed by atoms with Gasteiger partial charge >= 0.3 is 0 Å². The molecule has 0 saturated heterocycles. The second kappa shape index (κ2) is 6.55. The Morgan fingerprint density at radius 3 is 1.73 bits per heavy atom. The maximum atomic E-state index is 3.56. The summed E-state index contributed by atoms with van der Waals surface area (Å²) in [6.45, 7) is 13.7. The van der Waals surface area contributed by atoms with Crippen molar-refractivity contribution in [1.82, 2.24) is 0 Å². The average Bonchev–Trinajstić information content (AvgIpc) is 2.46. The summed E-state index contributed by atoms with van der Waals surface area (Å²) in [4.78, 5) is 0. The summed E-state index contributed by atoms with van der Waals surface area (Å²) in [7, 11) is 0. The molecule has 0 saturated carbocycles. The largest absolute Gasteiger partial charge is 0.269 e. The predicted octanol–water partition coefficient (Wildman–Crippen LogP) is 4.38. The van der Waals surface area contributed by atoms with Crippen molar-refractivity contribution in [2.75, 3.05) is 0 Å². The molecule has 83 valence electrons. The Morgan fingerprint density at radius 2 is 1.40 bits per heavy atom. The van der Waals surface area contributed by atoms with Crippen LogP contribution in [0.2, 0.25) is 0 Å². The van der Waals surface area contributed by atoms with Gasteiger partial charge in [0.2, 0.25) is 0 Å². The Bertz CT molecular complexity index is 267. The number of allylic oxidation sites excluding steroid dienone is 4. The second-order valence-corrected chi connectivity index (χ2v) is 5.17. The van der Waals surface area contributed by atoms with Crippen LogP contribution < -0.4 is 0 Å². The van der Waals surface area contributed by atoms with Gasteiger partial charge in [-0.25, -0.2) is 5.57 Å². The number of hydrogen-bond donors (Lipinski definition) is 0. The van der Waals surface area contributed by atoms with Crippen molar-refractivity contribution in [3.63, 3.8) is 0 Å². The molecule has 0 fully saturated rings. The first-order valence-corrected chi connectivity index (χ1v) is 5.79. The maximum Gasteiger partial charge on any atom is 0 e. The minimum Gasteiger partial charge on any atom is -0.269 e. The molecule has 0 bridgehead atoms. The molecule has 1 aliphatic rings. The summed E-state index contributed by atoms with van der Waals surface area (Å²) < 4.78 is 0. The molecule has 1 aliphatic carbocycles. The van der Waals surface area contributed by atoms with E-state index in [2.05, 4.69) is 47.6 Å². The van der Waals surface area contributed by atoms with Crippen LogP contribution in [0.5, 0.6) is 0 Å². The molecule has 0 spiro atoms. The van der Waals surface area contributed by atoms with E-state index in [0.29, 0.717) is 17.8 Å². The number of hydrogen-bond acceptors (Lipinski definition) is 0. The number of rotatable bonds is 3. The molecule has 0 unspecified atom stereocenters. The van der Waals surface area contributed by atoms with Crippen molar-refractivity contribution in [1.29, 1.82) is 0 Å². The molecule has 15 heavy (non-hydrogen) atoms. The van der Waals surface area contributed by atoms with Crippen molar-refractivity contribution in [3.8, 4) is 0 Å². The second-order valence-electron chi connectivity index (χ2n) is 5.17. The zero-order valence-electron chi connectivity index (χ0n) is 11.0. The van der Waals surface area contributed by atoms with E-state index in [1.54, 1.807) is 11.1 Å². The maximum absolute atomic E-state index is 3.56. The van der Waals surface area contributed by atoms with E-state index in [9.17, 15) is 0 Å². The van der Waals surface area contributed by atoms with Crippen LogP contribution in [0, 0.1) is 65.1 Å². The first kappa shape index (κ1) is 15.8. The standard InChI is InChI=1S/C14H23.Pr/c1-9(2)12-7-8-13(10(3)4)14(12)11(5)6;/h9-11H,7H2,1-6H3;/q-1;. The van der Waals surface area contributed by atoms with Crippen molar-refractivity contribution in [2.24, 2.45) is 17.8 Å². The predicted molar refractivity (Wildman–Crippen MR) is 62.9 cm³/mol. The molecule has 0 atom stereocenters. The third kappa shape index (κ3) is 3.67. The van der Waals surface area contributed by atoms with E-state index >= 15 is 0 Å². The summed E-state index contributed by atoms with van der Waals surface area (Å²) in [5.74, 6) is 1.96. The van der Waals surface area contributed by atoms with Crippen molar-refractivity contribution >= 4 is 0 Å².